The van der Waals surface area contributed by atoms with Crippen molar-refractivity contribution in [3.05, 3.63) is 53.6 Å². The fourth-order valence-corrected chi connectivity index (χ4v) is 2.49. The second-order valence-electron chi connectivity index (χ2n) is 5.01. The monoisotopic (exact) mass is 293 g/mol. The number of likely N-dealkylation sites (N-methyl/N-ethyl adjacent to an activating group) is 1. The van der Waals surface area contributed by atoms with Crippen molar-refractivity contribution >= 4 is 0 Å². The van der Waals surface area contributed by atoms with Gasteiger partial charge in [-0.25, -0.2) is 13.8 Å². The Bertz CT molecular complexity index is 581. The number of rotatable bonds is 7. The Morgan fingerprint density at radius 3 is 2.81 bits per heavy atom. The Balaban J connectivity index is 2.26. The molecule has 21 heavy (non-hydrogen) atoms. The molecule has 0 aliphatic carbocycles. The van der Waals surface area contributed by atoms with Crippen molar-refractivity contribution in [3.8, 4) is 0 Å². The zero-order valence-electron chi connectivity index (χ0n) is 12.4. The van der Waals surface area contributed by atoms with Crippen LogP contribution in [0.1, 0.15) is 37.7 Å². The van der Waals surface area contributed by atoms with E-state index in [1.165, 1.54) is 6.07 Å². The van der Waals surface area contributed by atoms with Crippen LogP contribution < -0.4 is 5.32 Å². The van der Waals surface area contributed by atoms with E-state index in [2.05, 4.69) is 21.8 Å². The molecule has 0 amide bonds. The molecule has 1 N–H and O–H groups in total. The molecule has 1 aromatic carbocycles. The number of halogens is 2. The molecule has 1 heterocycles. The maximum absolute atomic E-state index is 13.9. The van der Waals surface area contributed by atoms with E-state index in [0.717, 1.165) is 31.4 Å². The molecular weight excluding hydrogens is 272 g/mol. The van der Waals surface area contributed by atoms with Crippen LogP contribution in [0.3, 0.4) is 0 Å². The highest BCUT2D eigenvalue weighted by molar-refractivity contribution is 5.21. The normalized spacial score (nSPS) is 12.6. The first-order chi connectivity index (χ1) is 10.2. The molecule has 5 heteroatoms. The third kappa shape index (κ3) is 3.67. The second kappa shape index (κ2) is 7.31. The van der Waals surface area contributed by atoms with Gasteiger partial charge in [-0.05, 0) is 31.0 Å². The third-order valence-corrected chi connectivity index (χ3v) is 3.43. The summed E-state index contributed by atoms with van der Waals surface area (Å²) in [5, 5.41) is 3.31. The lowest BCUT2D eigenvalue weighted by Crippen LogP contribution is -2.26. The van der Waals surface area contributed by atoms with Gasteiger partial charge < -0.3 is 9.88 Å². The van der Waals surface area contributed by atoms with Crippen LogP contribution in [0.5, 0.6) is 0 Å². The molecule has 0 aliphatic heterocycles. The number of hydrogen-bond acceptors (Lipinski definition) is 2. The van der Waals surface area contributed by atoms with Gasteiger partial charge >= 0.3 is 0 Å². The van der Waals surface area contributed by atoms with E-state index in [4.69, 9.17) is 0 Å². The molecule has 0 saturated heterocycles. The first-order valence-electron chi connectivity index (χ1n) is 7.34. The van der Waals surface area contributed by atoms with Gasteiger partial charge in [-0.3, -0.25) is 0 Å². The van der Waals surface area contributed by atoms with Gasteiger partial charge in [-0.1, -0.05) is 26.0 Å². The van der Waals surface area contributed by atoms with E-state index in [9.17, 15) is 8.78 Å². The van der Waals surface area contributed by atoms with Crippen LogP contribution in [-0.4, -0.2) is 16.1 Å². The summed E-state index contributed by atoms with van der Waals surface area (Å²) < 4.78 is 29.3. The Morgan fingerprint density at radius 2 is 2.10 bits per heavy atom. The van der Waals surface area contributed by atoms with Gasteiger partial charge in [0.2, 0.25) is 0 Å². The topological polar surface area (TPSA) is 29.9 Å². The molecule has 0 aliphatic rings. The van der Waals surface area contributed by atoms with Crippen molar-refractivity contribution < 1.29 is 8.78 Å². The third-order valence-electron chi connectivity index (χ3n) is 3.43. The molecule has 3 nitrogen and oxygen atoms in total. The lowest BCUT2D eigenvalue weighted by Gasteiger charge is -2.19. The van der Waals surface area contributed by atoms with Crippen LogP contribution in [0.2, 0.25) is 0 Å². The molecule has 1 atom stereocenters. The van der Waals surface area contributed by atoms with Crippen molar-refractivity contribution in [2.45, 2.75) is 39.3 Å². The van der Waals surface area contributed by atoms with Crippen LogP contribution in [-0.2, 0) is 13.0 Å². The van der Waals surface area contributed by atoms with Gasteiger partial charge in [0, 0.05) is 18.9 Å². The molecule has 0 bridgehead atoms. The average molecular weight is 293 g/mol. The molecule has 1 unspecified atom stereocenters. The first kappa shape index (κ1) is 15.6. The quantitative estimate of drug-likeness (QED) is 0.847. The largest absolute Gasteiger partial charge is 0.334 e. The van der Waals surface area contributed by atoms with Gasteiger partial charge in [0.1, 0.15) is 5.82 Å². The number of aromatic nitrogens is 2. The van der Waals surface area contributed by atoms with Gasteiger partial charge in [0.25, 0.3) is 0 Å². The van der Waals surface area contributed by atoms with E-state index >= 15 is 0 Å². The molecule has 0 radical (unpaired) electrons. The van der Waals surface area contributed by atoms with Crippen LogP contribution >= 0.6 is 0 Å². The summed E-state index contributed by atoms with van der Waals surface area (Å²) in [6.07, 6.45) is 5.04. The molecule has 0 fully saturated rings. The van der Waals surface area contributed by atoms with Crippen molar-refractivity contribution in [2.75, 3.05) is 6.54 Å². The molecule has 1 aromatic heterocycles. The predicted octanol–water partition coefficient (Wildman–Crippen LogP) is 3.46. The maximum atomic E-state index is 13.9. The van der Waals surface area contributed by atoms with Crippen LogP contribution in [0, 0.1) is 11.6 Å². The highest BCUT2D eigenvalue weighted by atomic mass is 19.2. The Labute approximate surface area is 124 Å². The lowest BCUT2D eigenvalue weighted by molar-refractivity contribution is 0.460. The predicted molar refractivity (Wildman–Crippen MR) is 79.0 cm³/mol. The second-order valence-corrected chi connectivity index (χ2v) is 5.01. The number of hydrogen-bond donors (Lipinski definition) is 1. The summed E-state index contributed by atoms with van der Waals surface area (Å²) in [4.78, 5) is 4.39. The van der Waals surface area contributed by atoms with Crippen molar-refractivity contribution in [1.29, 1.82) is 0 Å². The van der Waals surface area contributed by atoms with Gasteiger partial charge in [-0.15, -0.1) is 0 Å². The van der Waals surface area contributed by atoms with E-state index in [1.54, 1.807) is 12.3 Å². The number of aryl methyl sites for hydroxylation is 1. The van der Waals surface area contributed by atoms with Crippen LogP contribution in [0.25, 0.3) is 0 Å². The zero-order valence-corrected chi connectivity index (χ0v) is 12.4. The van der Waals surface area contributed by atoms with E-state index in [1.807, 2.05) is 13.1 Å². The van der Waals surface area contributed by atoms with Crippen LogP contribution in [0.4, 0.5) is 8.78 Å². The standard InChI is InChI=1S/C16H21F2N3/c1-3-9-21-10-8-20-16(21)14(19-4-2)11-12-6-5-7-13(17)15(12)18/h5-8,10,14,19H,3-4,9,11H2,1-2H3. The molecule has 0 saturated carbocycles. The number of benzene rings is 1. The fourth-order valence-electron chi connectivity index (χ4n) is 2.49. The highest BCUT2D eigenvalue weighted by Crippen LogP contribution is 2.21. The minimum Gasteiger partial charge on any atom is -0.334 e. The minimum atomic E-state index is -0.806. The molecule has 0 spiro atoms. The highest BCUT2D eigenvalue weighted by Gasteiger charge is 2.19. The van der Waals surface area contributed by atoms with Gasteiger partial charge in [0.05, 0.1) is 6.04 Å². The number of imidazole rings is 1. The minimum absolute atomic E-state index is 0.132. The smallest absolute Gasteiger partial charge is 0.162 e. The number of nitrogens with zero attached hydrogens (tertiary/aromatic N) is 2. The summed E-state index contributed by atoms with van der Waals surface area (Å²) in [5.74, 6) is -0.712. The molecule has 2 rings (SSSR count). The fraction of sp³-hybridized carbons (Fsp3) is 0.438. The Hall–Kier alpha value is -1.75. The average Bonchev–Trinajstić information content (AvgIpc) is 2.92. The SMILES string of the molecule is CCCn1ccnc1C(Cc1cccc(F)c1F)NCC. The lowest BCUT2D eigenvalue weighted by atomic mass is 10.0. The first-order valence-corrected chi connectivity index (χ1v) is 7.34. The summed E-state index contributed by atoms with van der Waals surface area (Å²) in [5.41, 5.74) is 0.368. The molecule has 2 aromatic rings. The van der Waals surface area contributed by atoms with E-state index < -0.39 is 11.6 Å². The van der Waals surface area contributed by atoms with Gasteiger partial charge in [-0.2, -0.15) is 0 Å². The number of nitrogens with one attached hydrogen (secondary N) is 1. The summed E-state index contributed by atoms with van der Waals surface area (Å²) in [7, 11) is 0. The zero-order chi connectivity index (χ0) is 15.2. The van der Waals surface area contributed by atoms with E-state index in [-0.39, 0.29) is 6.04 Å². The van der Waals surface area contributed by atoms with Crippen molar-refractivity contribution in [3.63, 3.8) is 0 Å². The molecular formula is C16H21F2N3. The van der Waals surface area contributed by atoms with E-state index in [0.29, 0.717) is 12.0 Å². The Morgan fingerprint density at radius 1 is 1.29 bits per heavy atom. The van der Waals surface area contributed by atoms with Gasteiger partial charge in [0.15, 0.2) is 11.6 Å². The summed E-state index contributed by atoms with van der Waals surface area (Å²) >= 11 is 0. The molecule has 114 valence electrons. The van der Waals surface area contributed by atoms with Crippen LogP contribution in [0.15, 0.2) is 30.6 Å². The summed E-state index contributed by atoms with van der Waals surface area (Å²) in [6.45, 7) is 5.68. The Kier molecular flexibility index (Phi) is 5.44. The summed E-state index contributed by atoms with van der Waals surface area (Å²) in [6, 6.07) is 4.16. The van der Waals surface area contributed by atoms with Crippen molar-refractivity contribution in [1.82, 2.24) is 14.9 Å². The maximum Gasteiger partial charge on any atom is 0.162 e. The van der Waals surface area contributed by atoms with Crippen molar-refractivity contribution in [2.24, 2.45) is 0 Å².